The number of nitrogens with zero attached hydrogens (tertiary/aromatic N) is 2. The van der Waals surface area contributed by atoms with Crippen LogP contribution in [0.1, 0.15) is 12.0 Å². The zero-order valence-electron chi connectivity index (χ0n) is 21.4. The van der Waals surface area contributed by atoms with E-state index in [9.17, 15) is 14.4 Å². The second-order valence-corrected chi connectivity index (χ2v) is 11.2. The van der Waals surface area contributed by atoms with Crippen molar-refractivity contribution in [2.75, 3.05) is 37.5 Å². The Balaban J connectivity index is 1.72. The van der Waals surface area contributed by atoms with E-state index >= 15 is 8.78 Å². The average molecular weight is 615 g/mol. The first-order valence-corrected chi connectivity index (χ1v) is 13.3. The lowest BCUT2D eigenvalue weighted by atomic mass is 9.73. The number of alkyl halides is 2. The van der Waals surface area contributed by atoms with Gasteiger partial charge in [0.1, 0.15) is 23.8 Å². The quantitative estimate of drug-likeness (QED) is 0.358. The van der Waals surface area contributed by atoms with Gasteiger partial charge in [-0.15, -0.1) is 0 Å². The second kappa shape index (κ2) is 10.2. The summed E-state index contributed by atoms with van der Waals surface area (Å²) in [6.07, 6.45) is 0.562. The van der Waals surface area contributed by atoms with Crippen molar-refractivity contribution in [3.05, 3.63) is 63.6 Å². The van der Waals surface area contributed by atoms with Crippen molar-refractivity contribution >= 4 is 64.0 Å². The Labute approximate surface area is 243 Å². The molecule has 2 saturated heterocycles. The highest BCUT2D eigenvalue weighted by Crippen LogP contribution is 2.61. The lowest BCUT2D eigenvalue weighted by molar-refractivity contribution is -0.158. The predicted octanol–water partition coefficient (Wildman–Crippen LogP) is 5.15. The van der Waals surface area contributed by atoms with Crippen molar-refractivity contribution in [2.24, 2.45) is 11.8 Å². The minimum Gasteiger partial charge on any atom is -0.497 e. The second-order valence-electron chi connectivity index (χ2n) is 9.95. The Morgan fingerprint density at radius 2 is 1.90 bits per heavy atom. The number of ether oxygens (including phenoxy) is 2. The lowest BCUT2D eigenvalue weighted by Crippen LogP contribution is -2.54. The Hall–Kier alpha value is -2.92. The fourth-order valence-corrected chi connectivity index (χ4v) is 6.97. The largest absolute Gasteiger partial charge is 0.497 e. The SMILES string of the molecule is C=CCOC(=O)[C@H]1[C@@H](C(=O)N(C)c2cc(Cl)cc(OC)c2)[C@H]2CC(F)(F)CN2C12C(=O)Nc1c(Cl)cc(Cl)cc12. The van der Waals surface area contributed by atoms with Gasteiger partial charge in [-0.05, 0) is 24.3 Å². The van der Waals surface area contributed by atoms with Crippen LogP contribution >= 0.6 is 34.8 Å². The van der Waals surface area contributed by atoms with Gasteiger partial charge in [0.05, 0.1) is 30.3 Å². The number of hydrogen-bond donors (Lipinski definition) is 1. The van der Waals surface area contributed by atoms with Gasteiger partial charge in [0.25, 0.3) is 11.8 Å². The van der Waals surface area contributed by atoms with Crippen LogP contribution in [0.4, 0.5) is 20.2 Å². The van der Waals surface area contributed by atoms with Crippen LogP contribution < -0.4 is 15.0 Å². The topological polar surface area (TPSA) is 88.2 Å². The number of halogens is 5. The molecule has 8 nitrogen and oxygen atoms in total. The maximum Gasteiger partial charge on any atom is 0.312 e. The summed E-state index contributed by atoms with van der Waals surface area (Å²) in [5.41, 5.74) is -1.49. The van der Waals surface area contributed by atoms with Crippen LogP contribution in [0.5, 0.6) is 5.75 Å². The predicted molar refractivity (Wildman–Crippen MR) is 146 cm³/mol. The molecule has 3 aliphatic rings. The monoisotopic (exact) mass is 613 g/mol. The number of amides is 2. The molecule has 40 heavy (non-hydrogen) atoms. The van der Waals surface area contributed by atoms with Gasteiger partial charge in [0.2, 0.25) is 5.91 Å². The molecule has 0 radical (unpaired) electrons. The van der Waals surface area contributed by atoms with Crippen LogP contribution in [0.3, 0.4) is 0 Å². The summed E-state index contributed by atoms with van der Waals surface area (Å²) in [7, 11) is 2.85. The molecule has 13 heteroatoms. The zero-order chi connectivity index (χ0) is 29.1. The summed E-state index contributed by atoms with van der Waals surface area (Å²) in [5.74, 6) is -8.24. The zero-order valence-corrected chi connectivity index (χ0v) is 23.6. The lowest BCUT2D eigenvalue weighted by Gasteiger charge is -2.36. The highest BCUT2D eigenvalue weighted by Gasteiger charge is 2.75. The van der Waals surface area contributed by atoms with E-state index in [0.717, 1.165) is 0 Å². The van der Waals surface area contributed by atoms with E-state index in [1.54, 1.807) is 0 Å². The van der Waals surface area contributed by atoms with Crippen LogP contribution in [0.25, 0.3) is 0 Å². The number of hydrogen-bond acceptors (Lipinski definition) is 6. The molecule has 0 aliphatic carbocycles. The van der Waals surface area contributed by atoms with Crippen LogP contribution in [-0.4, -0.2) is 62.0 Å². The van der Waals surface area contributed by atoms with Crippen molar-refractivity contribution in [3.63, 3.8) is 0 Å². The number of anilines is 2. The van der Waals surface area contributed by atoms with Crippen LogP contribution in [0.2, 0.25) is 15.1 Å². The van der Waals surface area contributed by atoms with Crippen LogP contribution in [0, 0.1) is 11.8 Å². The molecule has 3 heterocycles. The van der Waals surface area contributed by atoms with Gasteiger partial charge >= 0.3 is 5.97 Å². The molecule has 0 bridgehead atoms. The first kappa shape index (κ1) is 28.6. The van der Waals surface area contributed by atoms with Gasteiger partial charge in [-0.2, -0.15) is 0 Å². The molecule has 212 valence electrons. The summed E-state index contributed by atoms with van der Waals surface area (Å²) in [6.45, 7) is 2.45. The van der Waals surface area contributed by atoms with Crippen molar-refractivity contribution < 1.29 is 32.6 Å². The van der Waals surface area contributed by atoms with E-state index in [-0.39, 0.29) is 32.9 Å². The minimum absolute atomic E-state index is 0.0614. The van der Waals surface area contributed by atoms with Gasteiger partial charge in [-0.1, -0.05) is 47.5 Å². The third kappa shape index (κ3) is 4.32. The fraction of sp³-hybridized carbons (Fsp3) is 0.370. The number of rotatable bonds is 6. The van der Waals surface area contributed by atoms with E-state index in [4.69, 9.17) is 44.3 Å². The molecule has 1 N–H and O–H groups in total. The molecular formula is C27H24Cl3F2N3O5. The molecule has 2 aromatic rings. The molecule has 0 saturated carbocycles. The average Bonchev–Trinajstić information content (AvgIpc) is 3.46. The number of methoxy groups -OCH3 is 1. The highest BCUT2D eigenvalue weighted by molar-refractivity contribution is 6.38. The minimum atomic E-state index is -3.25. The van der Waals surface area contributed by atoms with Gasteiger partial charge in [0, 0.05) is 46.9 Å². The summed E-state index contributed by atoms with van der Waals surface area (Å²) in [5, 5.41) is 3.10. The van der Waals surface area contributed by atoms with E-state index in [1.807, 2.05) is 0 Å². The molecule has 0 aromatic heterocycles. The number of nitrogens with one attached hydrogen (secondary N) is 1. The van der Waals surface area contributed by atoms with Gasteiger partial charge in [-0.3, -0.25) is 19.3 Å². The fourth-order valence-electron chi connectivity index (χ4n) is 6.21. The first-order valence-electron chi connectivity index (χ1n) is 12.2. The first-order chi connectivity index (χ1) is 18.8. The molecule has 1 unspecified atom stereocenters. The Bertz CT molecular complexity index is 1440. The number of esters is 1. The van der Waals surface area contributed by atoms with E-state index in [2.05, 4.69) is 11.9 Å². The standard InChI is InChI=1S/C27H24Cl3F2N3O5/c1-4-5-40-24(37)21-20(23(36)34(2)15-6-13(28)7-16(10-15)39-3)19-11-26(31,32)12-35(19)27(21)17-8-14(29)9-18(30)22(17)33-25(27)38/h4,6-10,19-21H,1,5,11-12H2,2-3H3,(H,33,38)/t19-,20+,21-,27?/m1/s1. The number of benzene rings is 2. The summed E-state index contributed by atoms with van der Waals surface area (Å²) < 4.78 is 40.8. The molecule has 5 rings (SSSR count). The summed E-state index contributed by atoms with van der Waals surface area (Å²) in [4.78, 5) is 44.4. The van der Waals surface area contributed by atoms with Gasteiger partial charge in [-0.25, -0.2) is 8.78 Å². The van der Waals surface area contributed by atoms with Crippen LogP contribution in [-0.2, 0) is 24.7 Å². The molecule has 2 aromatic carbocycles. The summed E-state index contributed by atoms with van der Waals surface area (Å²) >= 11 is 18.9. The van der Waals surface area contributed by atoms with Crippen molar-refractivity contribution in [1.82, 2.24) is 4.90 Å². The van der Waals surface area contributed by atoms with E-state index in [1.165, 1.54) is 60.4 Å². The third-order valence-electron chi connectivity index (χ3n) is 7.73. The molecular weight excluding hydrogens is 591 g/mol. The highest BCUT2D eigenvalue weighted by atomic mass is 35.5. The van der Waals surface area contributed by atoms with Crippen molar-refractivity contribution in [3.8, 4) is 5.75 Å². The van der Waals surface area contributed by atoms with E-state index < -0.39 is 60.1 Å². The molecule has 1 spiro atoms. The number of carbonyl (C=O) groups is 3. The van der Waals surface area contributed by atoms with Crippen LogP contribution in [0.15, 0.2) is 43.0 Å². The number of carbonyl (C=O) groups excluding carboxylic acids is 3. The molecule has 4 atom stereocenters. The normalized spacial score (nSPS) is 26.3. The smallest absolute Gasteiger partial charge is 0.312 e. The molecule has 2 amide bonds. The third-order valence-corrected chi connectivity index (χ3v) is 8.46. The summed E-state index contributed by atoms with van der Waals surface area (Å²) in [6, 6.07) is 6.16. The maximum atomic E-state index is 15.1. The Morgan fingerprint density at radius 1 is 1.20 bits per heavy atom. The van der Waals surface area contributed by atoms with Crippen molar-refractivity contribution in [2.45, 2.75) is 23.9 Å². The Kier molecular flexibility index (Phi) is 7.27. The molecule has 2 fully saturated rings. The van der Waals surface area contributed by atoms with Gasteiger partial charge in [0.15, 0.2) is 0 Å². The van der Waals surface area contributed by atoms with E-state index in [0.29, 0.717) is 11.4 Å². The van der Waals surface area contributed by atoms with Crippen molar-refractivity contribution in [1.29, 1.82) is 0 Å². The molecule has 3 aliphatic heterocycles. The van der Waals surface area contributed by atoms with Gasteiger partial charge < -0.3 is 19.7 Å². The number of fused-ring (bicyclic) bond motifs is 4. The maximum absolute atomic E-state index is 15.1. The Morgan fingerprint density at radius 3 is 2.58 bits per heavy atom.